The fourth-order valence-electron chi connectivity index (χ4n) is 4.44. The number of para-hydroxylation sites is 1. The molecule has 0 aliphatic rings. The van der Waals surface area contributed by atoms with Gasteiger partial charge in [0.2, 0.25) is 12.3 Å². The Balaban J connectivity index is 1.52. The van der Waals surface area contributed by atoms with Gasteiger partial charge in [-0.1, -0.05) is 30.3 Å². The molecule has 5 rings (SSSR count). The molecule has 3 heterocycles. The highest BCUT2D eigenvalue weighted by molar-refractivity contribution is 6.03. The van der Waals surface area contributed by atoms with Crippen LogP contribution in [0, 0.1) is 5.82 Å². The molecule has 1 amide bonds. The summed E-state index contributed by atoms with van der Waals surface area (Å²) in [5.74, 6) is -2.30. The van der Waals surface area contributed by atoms with E-state index in [0.717, 1.165) is 17.8 Å². The van der Waals surface area contributed by atoms with Gasteiger partial charge in [-0.2, -0.15) is 0 Å². The Labute approximate surface area is 221 Å². The van der Waals surface area contributed by atoms with E-state index in [0.29, 0.717) is 27.8 Å². The van der Waals surface area contributed by atoms with Gasteiger partial charge < -0.3 is 20.2 Å². The molecule has 5 aromatic rings. The molecule has 3 aromatic heterocycles. The number of aromatic nitrogens is 3. The van der Waals surface area contributed by atoms with Gasteiger partial charge in [0.1, 0.15) is 11.6 Å². The van der Waals surface area contributed by atoms with E-state index >= 15 is 0 Å². The number of aromatic amines is 1. The second-order valence-electron chi connectivity index (χ2n) is 9.04. The fraction of sp³-hybridized carbons (Fsp3) is 0.138. The van der Waals surface area contributed by atoms with Gasteiger partial charge in [-0.05, 0) is 48.0 Å². The lowest BCUT2D eigenvalue weighted by atomic mass is 9.95. The predicted octanol–water partition coefficient (Wildman–Crippen LogP) is 6.19. The molecular formula is C29H24F3N5O2. The first-order valence-electron chi connectivity index (χ1n) is 12.1. The Morgan fingerprint density at radius 2 is 1.79 bits per heavy atom. The minimum Gasteiger partial charge on any atom is -0.353 e. The summed E-state index contributed by atoms with van der Waals surface area (Å²) in [6, 6.07) is 19.3. The highest BCUT2D eigenvalue weighted by Gasteiger charge is 2.26. The molecule has 0 saturated heterocycles. The van der Waals surface area contributed by atoms with E-state index in [1.54, 1.807) is 31.4 Å². The molecule has 0 fully saturated rings. The lowest BCUT2D eigenvalue weighted by Gasteiger charge is -2.17. The lowest BCUT2D eigenvalue weighted by molar-refractivity contribution is -0.118. The third-order valence-corrected chi connectivity index (χ3v) is 6.37. The van der Waals surface area contributed by atoms with Crippen molar-refractivity contribution in [3.63, 3.8) is 0 Å². The Bertz CT molecular complexity index is 1680. The zero-order chi connectivity index (χ0) is 27.5. The van der Waals surface area contributed by atoms with E-state index in [-0.39, 0.29) is 16.9 Å². The molecule has 3 N–H and O–H groups in total. The molecule has 10 heteroatoms. The number of alkyl halides is 2. The number of benzene rings is 2. The van der Waals surface area contributed by atoms with Gasteiger partial charge in [-0.3, -0.25) is 9.59 Å². The van der Waals surface area contributed by atoms with Crippen molar-refractivity contribution in [3.8, 4) is 11.3 Å². The minimum atomic E-state index is -2.74. The molecule has 2 aromatic carbocycles. The van der Waals surface area contributed by atoms with Crippen LogP contribution in [0.1, 0.15) is 17.9 Å². The first-order valence-corrected chi connectivity index (χ1v) is 12.1. The molecule has 39 heavy (non-hydrogen) atoms. The number of anilines is 3. The van der Waals surface area contributed by atoms with Crippen LogP contribution in [0.15, 0.2) is 90.0 Å². The molecule has 0 bridgehead atoms. The van der Waals surface area contributed by atoms with Crippen molar-refractivity contribution in [3.05, 3.63) is 107 Å². The van der Waals surface area contributed by atoms with Gasteiger partial charge in [-0.15, -0.1) is 0 Å². The van der Waals surface area contributed by atoms with Crippen LogP contribution in [0.5, 0.6) is 0 Å². The number of halogens is 3. The summed E-state index contributed by atoms with van der Waals surface area (Å²) < 4.78 is 41.5. The smallest absolute Gasteiger partial charge is 0.261 e. The SMILES string of the molecule is Cn1ccc2[nH]c(-c3ccnc(NC(=O)C(CC(F)F)c4ccc(F)cc4)c3)c(Nc3ccccc3)c2c1=O. The average molecular weight is 532 g/mol. The standard InChI is InChI=1S/C29H24F3N5O2/c1-37-14-12-22-25(29(37)39)27(34-20-5-3-2-4-6-20)26(35-22)18-11-13-33-24(15-18)36-28(38)21(16-23(31)32)17-7-9-19(30)10-8-17/h2-15,21,23,34-35H,16H2,1H3,(H,33,36,38). The lowest BCUT2D eigenvalue weighted by Crippen LogP contribution is -2.23. The summed E-state index contributed by atoms with van der Waals surface area (Å²) in [5.41, 5.74) is 3.17. The molecule has 198 valence electrons. The second kappa shape index (κ2) is 10.9. The largest absolute Gasteiger partial charge is 0.353 e. The molecule has 0 spiro atoms. The van der Waals surface area contributed by atoms with Crippen LogP contribution < -0.4 is 16.2 Å². The molecule has 0 aliphatic heterocycles. The maximum atomic E-state index is 13.4. The van der Waals surface area contributed by atoms with Crippen molar-refractivity contribution < 1.29 is 18.0 Å². The van der Waals surface area contributed by atoms with Crippen LogP contribution >= 0.6 is 0 Å². The number of pyridine rings is 2. The molecule has 1 atom stereocenters. The summed E-state index contributed by atoms with van der Waals surface area (Å²) in [6.45, 7) is 0. The average Bonchev–Trinajstić information content (AvgIpc) is 3.29. The van der Waals surface area contributed by atoms with E-state index in [1.165, 1.54) is 22.9 Å². The Morgan fingerprint density at radius 1 is 1.05 bits per heavy atom. The van der Waals surface area contributed by atoms with Crippen molar-refractivity contribution in [1.82, 2.24) is 14.5 Å². The number of nitrogens with zero attached hydrogens (tertiary/aromatic N) is 2. The Hall–Kier alpha value is -4.86. The molecule has 1 unspecified atom stereocenters. The number of aryl methyl sites for hydroxylation is 1. The number of H-pyrrole nitrogens is 1. The van der Waals surface area contributed by atoms with Crippen LogP contribution in [0.25, 0.3) is 22.2 Å². The number of rotatable bonds is 8. The first-order chi connectivity index (χ1) is 18.8. The van der Waals surface area contributed by atoms with E-state index in [4.69, 9.17) is 0 Å². The van der Waals surface area contributed by atoms with Gasteiger partial charge in [0, 0.05) is 37.1 Å². The van der Waals surface area contributed by atoms with E-state index in [1.807, 2.05) is 30.3 Å². The molecule has 0 radical (unpaired) electrons. The maximum Gasteiger partial charge on any atom is 0.261 e. The van der Waals surface area contributed by atoms with Crippen molar-refractivity contribution in [2.45, 2.75) is 18.8 Å². The van der Waals surface area contributed by atoms with Crippen molar-refractivity contribution in [2.24, 2.45) is 7.05 Å². The van der Waals surface area contributed by atoms with Gasteiger partial charge in [0.15, 0.2) is 0 Å². The molecule has 0 saturated carbocycles. The van der Waals surface area contributed by atoms with E-state index in [9.17, 15) is 22.8 Å². The normalized spacial score (nSPS) is 12.0. The van der Waals surface area contributed by atoms with Crippen LogP contribution in [0.4, 0.5) is 30.4 Å². The van der Waals surface area contributed by atoms with Gasteiger partial charge in [-0.25, -0.2) is 18.2 Å². The number of carbonyl (C=O) groups excluding carboxylic acids is 1. The summed E-state index contributed by atoms with van der Waals surface area (Å²) in [7, 11) is 1.66. The van der Waals surface area contributed by atoms with Crippen LogP contribution in [-0.2, 0) is 11.8 Å². The number of amides is 1. The molecule has 0 aliphatic carbocycles. The van der Waals surface area contributed by atoms with Gasteiger partial charge >= 0.3 is 0 Å². The van der Waals surface area contributed by atoms with E-state index in [2.05, 4.69) is 20.6 Å². The first kappa shape index (κ1) is 25.8. The van der Waals surface area contributed by atoms with Crippen molar-refractivity contribution in [2.75, 3.05) is 10.6 Å². The number of hydrogen-bond acceptors (Lipinski definition) is 4. The quantitative estimate of drug-likeness (QED) is 0.223. The highest BCUT2D eigenvalue weighted by Crippen LogP contribution is 2.36. The third-order valence-electron chi connectivity index (χ3n) is 6.37. The Kier molecular flexibility index (Phi) is 7.18. The minimum absolute atomic E-state index is 0.135. The van der Waals surface area contributed by atoms with Crippen molar-refractivity contribution in [1.29, 1.82) is 0 Å². The van der Waals surface area contributed by atoms with Crippen LogP contribution in [-0.4, -0.2) is 26.9 Å². The fourth-order valence-corrected chi connectivity index (χ4v) is 4.44. The number of carbonyl (C=O) groups is 1. The second-order valence-corrected chi connectivity index (χ2v) is 9.04. The zero-order valence-corrected chi connectivity index (χ0v) is 20.8. The van der Waals surface area contributed by atoms with Crippen LogP contribution in [0.2, 0.25) is 0 Å². The number of hydrogen-bond donors (Lipinski definition) is 3. The monoisotopic (exact) mass is 531 g/mol. The zero-order valence-electron chi connectivity index (χ0n) is 20.8. The highest BCUT2D eigenvalue weighted by atomic mass is 19.3. The van der Waals surface area contributed by atoms with E-state index < -0.39 is 30.5 Å². The maximum absolute atomic E-state index is 13.4. The number of fused-ring (bicyclic) bond motifs is 1. The molecular weight excluding hydrogens is 507 g/mol. The van der Waals surface area contributed by atoms with Gasteiger partial charge in [0.25, 0.3) is 5.56 Å². The van der Waals surface area contributed by atoms with Crippen molar-refractivity contribution >= 4 is 34.0 Å². The Morgan fingerprint density at radius 3 is 2.51 bits per heavy atom. The van der Waals surface area contributed by atoms with Gasteiger partial charge in [0.05, 0.1) is 28.2 Å². The third kappa shape index (κ3) is 5.54. The summed E-state index contributed by atoms with van der Waals surface area (Å²) in [6.07, 6.45) is -0.339. The molecule has 7 nitrogen and oxygen atoms in total. The summed E-state index contributed by atoms with van der Waals surface area (Å²) in [5, 5.41) is 6.39. The summed E-state index contributed by atoms with van der Waals surface area (Å²) >= 11 is 0. The topological polar surface area (TPSA) is 91.8 Å². The summed E-state index contributed by atoms with van der Waals surface area (Å²) in [4.78, 5) is 33.6. The van der Waals surface area contributed by atoms with Crippen LogP contribution in [0.3, 0.4) is 0 Å². The predicted molar refractivity (Wildman–Crippen MR) is 145 cm³/mol. The number of nitrogens with one attached hydrogen (secondary N) is 3.